The van der Waals surface area contributed by atoms with Gasteiger partial charge < -0.3 is 23.2 Å². The molecule has 1 aliphatic heterocycles. The van der Waals surface area contributed by atoms with Crippen LogP contribution in [0.5, 0.6) is 0 Å². The highest BCUT2D eigenvalue weighted by atomic mass is 16.6. The van der Waals surface area contributed by atoms with Crippen molar-refractivity contribution in [3.05, 3.63) is 133 Å². The van der Waals surface area contributed by atoms with E-state index < -0.39 is 0 Å². The van der Waals surface area contributed by atoms with Crippen molar-refractivity contribution in [2.75, 3.05) is 13.2 Å². The summed E-state index contributed by atoms with van der Waals surface area (Å²) in [6.07, 6.45) is 4.40. The van der Waals surface area contributed by atoms with Crippen LogP contribution in [-0.2, 0) is 9.47 Å². The number of nitrogens with zero attached hydrogens (tertiary/aromatic N) is 3. The molecule has 0 saturated carbocycles. The number of ether oxygens (including phenoxy) is 2. The largest absolute Gasteiger partial charge is 0.373 e. The van der Waals surface area contributed by atoms with Crippen molar-refractivity contribution >= 4 is 65.4 Å². The van der Waals surface area contributed by atoms with E-state index in [1.54, 1.807) is 0 Å². The summed E-state index contributed by atoms with van der Waals surface area (Å²) >= 11 is 0. The van der Waals surface area contributed by atoms with Gasteiger partial charge in [-0.05, 0) is 74.4 Å². The highest BCUT2D eigenvalue weighted by molar-refractivity contribution is 6.25. The third kappa shape index (κ3) is 5.05. The van der Waals surface area contributed by atoms with E-state index in [4.69, 9.17) is 9.47 Å². The normalized spacial score (nSPS) is 17.2. The highest BCUT2D eigenvalue weighted by Crippen LogP contribution is 2.43. The van der Waals surface area contributed by atoms with Crippen molar-refractivity contribution in [1.29, 1.82) is 0 Å². The first kappa shape index (κ1) is 32.3. The molecular formula is C48H45N3O2. The van der Waals surface area contributed by atoms with Gasteiger partial charge in [0.05, 0.1) is 52.9 Å². The van der Waals surface area contributed by atoms with Gasteiger partial charge in [-0.15, -0.1) is 0 Å². The van der Waals surface area contributed by atoms with Gasteiger partial charge in [0, 0.05) is 49.2 Å². The summed E-state index contributed by atoms with van der Waals surface area (Å²) in [6.45, 7) is 8.32. The van der Waals surface area contributed by atoms with E-state index in [0.717, 1.165) is 30.8 Å². The lowest BCUT2D eigenvalue weighted by Gasteiger charge is -2.28. The number of benzene rings is 6. The molecule has 0 bridgehead atoms. The van der Waals surface area contributed by atoms with E-state index in [9.17, 15) is 0 Å². The Labute approximate surface area is 309 Å². The van der Waals surface area contributed by atoms with Gasteiger partial charge in [-0.25, -0.2) is 0 Å². The van der Waals surface area contributed by atoms with Crippen LogP contribution in [-0.4, -0.2) is 38.6 Å². The van der Waals surface area contributed by atoms with Crippen molar-refractivity contribution in [3.8, 4) is 11.4 Å². The van der Waals surface area contributed by atoms with Crippen LogP contribution in [0.3, 0.4) is 0 Å². The minimum Gasteiger partial charge on any atom is -0.373 e. The summed E-state index contributed by atoms with van der Waals surface area (Å²) in [4.78, 5) is 0. The minimum atomic E-state index is -0.0955. The maximum atomic E-state index is 6.82. The summed E-state index contributed by atoms with van der Waals surface area (Å²) in [5, 5.41) is 7.65. The second-order valence-electron chi connectivity index (χ2n) is 15.1. The van der Waals surface area contributed by atoms with Crippen LogP contribution < -0.4 is 0 Å². The van der Waals surface area contributed by atoms with E-state index in [1.165, 1.54) is 78.3 Å². The van der Waals surface area contributed by atoms with E-state index >= 15 is 0 Å². The summed E-state index contributed by atoms with van der Waals surface area (Å²) in [5.74, 6) is 0. The second kappa shape index (κ2) is 12.6. The van der Waals surface area contributed by atoms with Crippen molar-refractivity contribution in [1.82, 2.24) is 13.7 Å². The predicted octanol–water partition coefficient (Wildman–Crippen LogP) is 12.3. The van der Waals surface area contributed by atoms with Crippen molar-refractivity contribution in [3.63, 3.8) is 0 Å². The van der Waals surface area contributed by atoms with Gasteiger partial charge in [0.15, 0.2) is 0 Å². The Hall–Kier alpha value is -5.36. The van der Waals surface area contributed by atoms with Gasteiger partial charge in [0.2, 0.25) is 0 Å². The number of hydrogen-bond acceptors (Lipinski definition) is 2. The highest BCUT2D eigenvalue weighted by Gasteiger charge is 2.45. The third-order valence-electron chi connectivity index (χ3n) is 11.9. The third-order valence-corrected chi connectivity index (χ3v) is 11.9. The van der Waals surface area contributed by atoms with Crippen molar-refractivity contribution in [2.24, 2.45) is 0 Å². The van der Waals surface area contributed by atoms with Crippen LogP contribution in [0, 0.1) is 0 Å². The Kier molecular flexibility index (Phi) is 7.71. The molecule has 3 aromatic heterocycles. The molecule has 3 atom stereocenters. The lowest BCUT2D eigenvalue weighted by atomic mass is 10.0. The fraction of sp³-hybridized carbons (Fsp3) is 0.250. The molecule has 10 rings (SSSR count). The number of para-hydroxylation sites is 4. The molecule has 0 radical (unpaired) electrons. The number of fused-ring (bicyclic) bond motifs is 10. The lowest BCUT2D eigenvalue weighted by Crippen LogP contribution is -2.30. The molecule has 1 saturated heterocycles. The maximum Gasteiger partial charge on any atom is 0.115 e. The average Bonchev–Trinajstić information content (AvgIpc) is 3.62. The number of hydrogen-bond donors (Lipinski definition) is 0. The molecule has 53 heavy (non-hydrogen) atoms. The molecular weight excluding hydrogens is 651 g/mol. The van der Waals surface area contributed by atoms with E-state index in [-0.39, 0.29) is 17.7 Å². The van der Waals surface area contributed by atoms with Gasteiger partial charge >= 0.3 is 0 Å². The number of epoxide rings is 1. The molecule has 9 aromatic rings. The zero-order valence-corrected chi connectivity index (χ0v) is 30.8. The standard InChI is InChI=1S/C48H45N3O2/c1-4-6-29-48(31-53-48)30-52-45(5-2)32(3)49-40-19-11-9-17-37(40)38-27-28-44-46(47(38)49)39-18-10-14-22-43(39)51(44)34-25-23-33(24-26-34)50-41-20-12-7-15-35(41)36-16-8-13-21-42(36)50/h7-28,32,45H,4-6,29-31H2,1-3H3. The number of aromatic nitrogens is 3. The van der Waals surface area contributed by atoms with Crippen LogP contribution in [0.1, 0.15) is 52.5 Å². The first-order valence-corrected chi connectivity index (χ1v) is 19.4. The average molecular weight is 696 g/mol. The van der Waals surface area contributed by atoms with Crippen LogP contribution in [0.2, 0.25) is 0 Å². The molecule has 5 nitrogen and oxygen atoms in total. The summed E-state index contributed by atoms with van der Waals surface area (Å²) in [6, 6.07) is 49.1. The predicted molar refractivity (Wildman–Crippen MR) is 221 cm³/mol. The minimum absolute atomic E-state index is 0.0497. The zero-order valence-electron chi connectivity index (χ0n) is 30.8. The first-order valence-electron chi connectivity index (χ1n) is 19.4. The molecule has 1 fully saturated rings. The van der Waals surface area contributed by atoms with Crippen LogP contribution in [0.25, 0.3) is 76.8 Å². The smallest absolute Gasteiger partial charge is 0.115 e. The van der Waals surface area contributed by atoms with Crippen molar-refractivity contribution < 1.29 is 9.47 Å². The molecule has 1 aliphatic rings. The van der Waals surface area contributed by atoms with Gasteiger partial charge in [0.1, 0.15) is 5.60 Å². The van der Waals surface area contributed by atoms with Gasteiger partial charge in [0.25, 0.3) is 0 Å². The Morgan fingerprint density at radius 1 is 0.604 bits per heavy atom. The van der Waals surface area contributed by atoms with Gasteiger partial charge in [-0.2, -0.15) is 0 Å². The van der Waals surface area contributed by atoms with E-state index in [2.05, 4.69) is 168 Å². The zero-order chi connectivity index (χ0) is 35.7. The topological polar surface area (TPSA) is 36.5 Å². The molecule has 264 valence electrons. The molecule has 4 heterocycles. The fourth-order valence-corrected chi connectivity index (χ4v) is 9.12. The first-order chi connectivity index (χ1) is 26.1. The number of unbranched alkanes of at least 4 members (excludes halogenated alkanes) is 1. The van der Waals surface area contributed by atoms with Crippen molar-refractivity contribution in [2.45, 2.75) is 64.2 Å². The Morgan fingerprint density at radius 2 is 1.11 bits per heavy atom. The summed E-state index contributed by atoms with van der Waals surface area (Å²) in [7, 11) is 0. The quantitative estimate of drug-likeness (QED) is 0.126. The Morgan fingerprint density at radius 3 is 1.68 bits per heavy atom. The maximum absolute atomic E-state index is 6.82. The Balaban J connectivity index is 1.13. The second-order valence-corrected chi connectivity index (χ2v) is 15.1. The van der Waals surface area contributed by atoms with Crippen LogP contribution >= 0.6 is 0 Å². The van der Waals surface area contributed by atoms with E-state index in [1.807, 2.05) is 0 Å². The fourth-order valence-electron chi connectivity index (χ4n) is 9.12. The van der Waals surface area contributed by atoms with Crippen LogP contribution in [0.15, 0.2) is 133 Å². The lowest BCUT2D eigenvalue weighted by molar-refractivity contribution is -0.0102. The molecule has 0 N–H and O–H groups in total. The van der Waals surface area contributed by atoms with Crippen LogP contribution in [0.4, 0.5) is 0 Å². The van der Waals surface area contributed by atoms with E-state index in [0.29, 0.717) is 6.61 Å². The van der Waals surface area contributed by atoms with Gasteiger partial charge in [-0.1, -0.05) is 106 Å². The Bertz CT molecular complexity index is 2740. The molecule has 3 unspecified atom stereocenters. The monoisotopic (exact) mass is 695 g/mol. The summed E-state index contributed by atoms with van der Waals surface area (Å²) in [5.41, 5.74) is 9.58. The van der Waals surface area contributed by atoms with Gasteiger partial charge in [-0.3, -0.25) is 0 Å². The molecule has 6 aromatic carbocycles. The number of rotatable bonds is 11. The molecule has 5 heteroatoms. The molecule has 0 aliphatic carbocycles. The summed E-state index contributed by atoms with van der Waals surface area (Å²) < 4.78 is 20.2. The molecule has 0 amide bonds. The SMILES string of the molecule is CCCCC1(COC(CC)C(C)n2c3ccccc3c3ccc4c(c5ccccc5n4-c4ccc(-n5c6ccccc6c6ccccc65)cc4)c32)CO1. The molecule has 0 spiro atoms.